The van der Waals surface area contributed by atoms with Crippen LogP contribution in [-0.4, -0.2) is 22.1 Å². The van der Waals surface area contributed by atoms with E-state index in [2.05, 4.69) is 10.3 Å². The molecule has 0 fully saturated rings. The SMILES string of the molecule is CC(C)[C@H](O)C(=O)NCc1cccnc1Oc1ccc(F)cc1F. The van der Waals surface area contributed by atoms with Gasteiger partial charge in [0.15, 0.2) is 11.6 Å². The van der Waals surface area contributed by atoms with Crippen LogP contribution in [0, 0.1) is 17.6 Å². The van der Waals surface area contributed by atoms with Gasteiger partial charge < -0.3 is 15.2 Å². The van der Waals surface area contributed by atoms with Gasteiger partial charge in [0, 0.05) is 24.4 Å². The lowest BCUT2D eigenvalue weighted by molar-refractivity contribution is -0.131. The molecule has 7 heteroatoms. The van der Waals surface area contributed by atoms with Crippen molar-refractivity contribution < 1.29 is 23.4 Å². The molecule has 0 aliphatic carbocycles. The highest BCUT2D eigenvalue weighted by Crippen LogP contribution is 2.26. The topological polar surface area (TPSA) is 71.5 Å². The predicted octanol–water partition coefficient (Wildman–Crippen LogP) is 2.79. The van der Waals surface area contributed by atoms with Crippen molar-refractivity contribution in [1.29, 1.82) is 0 Å². The van der Waals surface area contributed by atoms with Gasteiger partial charge in [0.25, 0.3) is 0 Å². The lowest BCUT2D eigenvalue weighted by Gasteiger charge is -2.15. The predicted molar refractivity (Wildman–Crippen MR) is 83.4 cm³/mol. The first kappa shape index (κ1) is 17.8. The molecule has 0 unspecified atom stereocenters. The van der Waals surface area contributed by atoms with Crippen LogP contribution in [0.1, 0.15) is 19.4 Å². The van der Waals surface area contributed by atoms with Crippen molar-refractivity contribution >= 4 is 5.91 Å². The number of hydrogen-bond donors (Lipinski definition) is 2. The van der Waals surface area contributed by atoms with Gasteiger partial charge in [0.05, 0.1) is 0 Å². The third-order valence-electron chi connectivity index (χ3n) is 3.30. The molecule has 2 N–H and O–H groups in total. The summed E-state index contributed by atoms with van der Waals surface area (Å²) in [7, 11) is 0. The molecule has 0 saturated heterocycles. The number of aliphatic hydroxyl groups is 1. The summed E-state index contributed by atoms with van der Waals surface area (Å²) in [6.45, 7) is 3.49. The van der Waals surface area contributed by atoms with Crippen molar-refractivity contribution in [2.24, 2.45) is 5.92 Å². The number of carbonyl (C=O) groups excluding carboxylic acids is 1. The fourth-order valence-corrected chi connectivity index (χ4v) is 1.90. The number of ether oxygens (including phenoxy) is 1. The van der Waals surface area contributed by atoms with Crippen molar-refractivity contribution in [3.8, 4) is 11.6 Å². The van der Waals surface area contributed by atoms with Crippen LogP contribution in [0.15, 0.2) is 36.5 Å². The maximum absolute atomic E-state index is 13.7. The Bertz CT molecular complexity index is 723. The van der Waals surface area contributed by atoms with Crippen molar-refractivity contribution in [2.75, 3.05) is 0 Å². The van der Waals surface area contributed by atoms with Crippen molar-refractivity contribution in [3.63, 3.8) is 0 Å². The molecule has 0 radical (unpaired) electrons. The Kier molecular flexibility index (Phi) is 5.81. The van der Waals surface area contributed by atoms with E-state index < -0.39 is 23.6 Å². The monoisotopic (exact) mass is 336 g/mol. The number of hydrogen-bond acceptors (Lipinski definition) is 4. The molecule has 24 heavy (non-hydrogen) atoms. The Morgan fingerprint density at radius 1 is 1.33 bits per heavy atom. The zero-order valence-electron chi connectivity index (χ0n) is 13.3. The minimum atomic E-state index is -1.12. The quantitative estimate of drug-likeness (QED) is 0.851. The first-order valence-electron chi connectivity index (χ1n) is 7.41. The van der Waals surface area contributed by atoms with Gasteiger partial charge >= 0.3 is 0 Å². The fourth-order valence-electron chi connectivity index (χ4n) is 1.90. The van der Waals surface area contributed by atoms with Crippen LogP contribution in [0.5, 0.6) is 11.6 Å². The molecule has 0 aliphatic rings. The Hall–Kier alpha value is -2.54. The van der Waals surface area contributed by atoms with E-state index >= 15 is 0 Å². The fraction of sp³-hybridized carbons (Fsp3) is 0.294. The second kappa shape index (κ2) is 7.83. The minimum Gasteiger partial charge on any atom is -0.436 e. The molecular weight excluding hydrogens is 318 g/mol. The number of nitrogens with one attached hydrogen (secondary N) is 1. The maximum Gasteiger partial charge on any atom is 0.249 e. The summed E-state index contributed by atoms with van der Waals surface area (Å²) in [6, 6.07) is 6.21. The largest absolute Gasteiger partial charge is 0.436 e. The molecule has 128 valence electrons. The molecule has 5 nitrogen and oxygen atoms in total. The number of aliphatic hydroxyl groups excluding tert-OH is 1. The average molecular weight is 336 g/mol. The summed E-state index contributed by atoms with van der Waals surface area (Å²) in [5, 5.41) is 12.3. The first-order valence-corrected chi connectivity index (χ1v) is 7.41. The minimum absolute atomic E-state index is 0.0502. The molecule has 1 amide bonds. The van der Waals surface area contributed by atoms with Gasteiger partial charge in [-0.2, -0.15) is 0 Å². The second-order valence-electron chi connectivity index (χ2n) is 5.55. The highest BCUT2D eigenvalue weighted by molar-refractivity contribution is 5.80. The Morgan fingerprint density at radius 3 is 2.75 bits per heavy atom. The van der Waals surface area contributed by atoms with Crippen LogP contribution in [-0.2, 0) is 11.3 Å². The van der Waals surface area contributed by atoms with Crippen LogP contribution in [0.25, 0.3) is 0 Å². The zero-order chi connectivity index (χ0) is 17.7. The van der Waals surface area contributed by atoms with Crippen LogP contribution < -0.4 is 10.1 Å². The number of benzene rings is 1. The molecular formula is C17H18F2N2O3. The van der Waals surface area contributed by atoms with Crippen LogP contribution in [0.2, 0.25) is 0 Å². The van der Waals surface area contributed by atoms with E-state index in [9.17, 15) is 18.7 Å². The number of nitrogens with zero attached hydrogens (tertiary/aromatic N) is 1. The zero-order valence-corrected chi connectivity index (χ0v) is 13.3. The van der Waals surface area contributed by atoms with E-state index in [1.54, 1.807) is 26.0 Å². The van der Waals surface area contributed by atoms with Gasteiger partial charge in [-0.25, -0.2) is 13.8 Å². The maximum atomic E-state index is 13.7. The molecule has 0 aliphatic heterocycles. The first-order chi connectivity index (χ1) is 11.4. The summed E-state index contributed by atoms with van der Waals surface area (Å²) in [6.07, 6.45) is 0.325. The number of halogens is 2. The third kappa shape index (κ3) is 4.48. The van der Waals surface area contributed by atoms with Gasteiger partial charge in [-0.3, -0.25) is 4.79 Å². The summed E-state index contributed by atoms with van der Waals surface area (Å²) >= 11 is 0. The number of carbonyl (C=O) groups is 1. The number of rotatable bonds is 6. The average Bonchev–Trinajstić information content (AvgIpc) is 2.55. The van der Waals surface area contributed by atoms with E-state index in [1.807, 2.05) is 0 Å². The molecule has 2 aromatic rings. The van der Waals surface area contributed by atoms with E-state index in [4.69, 9.17) is 4.74 Å². The normalized spacial score (nSPS) is 12.1. The molecule has 1 atom stereocenters. The molecule has 0 saturated carbocycles. The molecule has 2 rings (SSSR count). The van der Waals surface area contributed by atoms with Crippen molar-refractivity contribution in [3.05, 3.63) is 53.7 Å². The summed E-state index contributed by atoms with van der Waals surface area (Å²) in [5.41, 5.74) is 0.491. The van der Waals surface area contributed by atoms with Crippen LogP contribution in [0.4, 0.5) is 8.78 Å². The molecule has 0 bridgehead atoms. The highest BCUT2D eigenvalue weighted by Gasteiger charge is 2.19. The molecule has 1 heterocycles. The van der Waals surface area contributed by atoms with E-state index in [1.165, 1.54) is 6.20 Å². The van der Waals surface area contributed by atoms with Gasteiger partial charge in [0.2, 0.25) is 11.8 Å². The highest BCUT2D eigenvalue weighted by atomic mass is 19.1. The standard InChI is InChI=1S/C17H18F2N2O3/c1-10(2)15(22)16(23)21-9-11-4-3-7-20-17(11)24-14-6-5-12(18)8-13(14)19/h3-8,10,15,22H,9H2,1-2H3,(H,21,23)/t15-/m0/s1. The van der Waals surface area contributed by atoms with Gasteiger partial charge in [-0.15, -0.1) is 0 Å². The smallest absolute Gasteiger partial charge is 0.249 e. The Balaban J connectivity index is 2.11. The van der Waals surface area contributed by atoms with Gasteiger partial charge in [0.1, 0.15) is 11.9 Å². The lowest BCUT2D eigenvalue weighted by atomic mass is 10.1. The lowest BCUT2D eigenvalue weighted by Crippen LogP contribution is -2.37. The number of aromatic nitrogens is 1. The summed E-state index contributed by atoms with van der Waals surface area (Å²) in [5.74, 6) is -2.40. The van der Waals surface area contributed by atoms with Crippen molar-refractivity contribution in [2.45, 2.75) is 26.5 Å². The van der Waals surface area contributed by atoms with E-state index in [-0.39, 0.29) is 24.1 Å². The summed E-state index contributed by atoms with van der Waals surface area (Å²) in [4.78, 5) is 15.8. The van der Waals surface area contributed by atoms with Gasteiger partial charge in [-0.1, -0.05) is 19.9 Å². The number of pyridine rings is 1. The van der Waals surface area contributed by atoms with Crippen LogP contribution in [0.3, 0.4) is 0 Å². The van der Waals surface area contributed by atoms with Crippen LogP contribution >= 0.6 is 0 Å². The Morgan fingerprint density at radius 2 is 2.08 bits per heavy atom. The second-order valence-corrected chi connectivity index (χ2v) is 5.55. The Labute approximate surface area is 138 Å². The van der Waals surface area contributed by atoms with E-state index in [0.29, 0.717) is 11.6 Å². The van der Waals surface area contributed by atoms with Gasteiger partial charge in [-0.05, 0) is 24.1 Å². The molecule has 1 aromatic heterocycles. The summed E-state index contributed by atoms with van der Waals surface area (Å²) < 4.78 is 32.0. The molecule has 0 spiro atoms. The number of amides is 1. The third-order valence-corrected chi connectivity index (χ3v) is 3.30. The van der Waals surface area contributed by atoms with Crippen molar-refractivity contribution in [1.82, 2.24) is 10.3 Å². The van der Waals surface area contributed by atoms with E-state index in [0.717, 1.165) is 12.1 Å². The molecule has 1 aromatic carbocycles.